The maximum Gasteiger partial charge on any atom is 0.0470 e. The van der Waals surface area contributed by atoms with Gasteiger partial charge in [0.1, 0.15) is 0 Å². The summed E-state index contributed by atoms with van der Waals surface area (Å²) in [5, 5.41) is 0. The molecule has 0 saturated heterocycles. The van der Waals surface area contributed by atoms with E-state index in [1.165, 1.54) is 54.1 Å². The van der Waals surface area contributed by atoms with E-state index in [9.17, 15) is 0 Å². The zero-order valence-corrected chi connectivity index (χ0v) is 14.2. The van der Waals surface area contributed by atoms with Gasteiger partial charge in [0, 0.05) is 9.61 Å². The third kappa shape index (κ3) is 6.72. The molecular formula is C16H27IN2. The van der Waals surface area contributed by atoms with Crippen molar-refractivity contribution in [1.29, 1.82) is 0 Å². The molecule has 0 aliphatic rings. The summed E-state index contributed by atoms with van der Waals surface area (Å²) in [5.74, 6) is 5.70. The standard InChI is InChI=1S/C16H27IN2/c1-2-3-4-5-6-7-8-13-16(19-18)14-11-9-10-12-15(14)17/h9-12,16,19H,2-8,13,18H2,1H3. The van der Waals surface area contributed by atoms with Crippen LogP contribution in [0, 0.1) is 3.57 Å². The van der Waals surface area contributed by atoms with Gasteiger partial charge in [-0.25, -0.2) is 0 Å². The van der Waals surface area contributed by atoms with Gasteiger partial charge in [0.15, 0.2) is 0 Å². The molecular weight excluding hydrogens is 347 g/mol. The number of halogens is 1. The SMILES string of the molecule is CCCCCCCCCC(NN)c1ccccc1I. The zero-order chi connectivity index (χ0) is 13.9. The smallest absolute Gasteiger partial charge is 0.0470 e. The van der Waals surface area contributed by atoms with Crippen LogP contribution in [0.15, 0.2) is 24.3 Å². The fourth-order valence-corrected chi connectivity index (χ4v) is 3.16. The molecule has 0 aromatic heterocycles. The topological polar surface area (TPSA) is 38.0 Å². The number of benzene rings is 1. The molecule has 0 aliphatic carbocycles. The summed E-state index contributed by atoms with van der Waals surface area (Å²) in [6, 6.07) is 8.78. The molecule has 3 N–H and O–H groups in total. The Labute approximate surface area is 131 Å². The van der Waals surface area contributed by atoms with E-state index in [0.717, 1.165) is 6.42 Å². The van der Waals surface area contributed by atoms with Gasteiger partial charge in [-0.3, -0.25) is 11.3 Å². The second kappa shape index (κ2) is 10.6. The minimum Gasteiger partial charge on any atom is -0.271 e. The first-order chi connectivity index (χ1) is 9.29. The predicted molar refractivity (Wildman–Crippen MR) is 91.8 cm³/mol. The average Bonchev–Trinajstić information content (AvgIpc) is 2.43. The highest BCUT2D eigenvalue weighted by atomic mass is 127. The maximum absolute atomic E-state index is 5.70. The highest BCUT2D eigenvalue weighted by molar-refractivity contribution is 14.1. The summed E-state index contributed by atoms with van der Waals surface area (Å²) < 4.78 is 1.30. The number of hydrogen-bond acceptors (Lipinski definition) is 2. The summed E-state index contributed by atoms with van der Waals surface area (Å²) in [4.78, 5) is 0. The fraction of sp³-hybridized carbons (Fsp3) is 0.625. The van der Waals surface area contributed by atoms with E-state index >= 15 is 0 Å². The van der Waals surface area contributed by atoms with E-state index in [4.69, 9.17) is 5.84 Å². The molecule has 19 heavy (non-hydrogen) atoms. The van der Waals surface area contributed by atoms with E-state index in [0.29, 0.717) is 6.04 Å². The molecule has 1 atom stereocenters. The lowest BCUT2D eigenvalue weighted by atomic mass is 10.00. The van der Waals surface area contributed by atoms with Crippen LogP contribution in [-0.2, 0) is 0 Å². The van der Waals surface area contributed by atoms with Crippen LogP contribution in [0.4, 0.5) is 0 Å². The van der Waals surface area contributed by atoms with Gasteiger partial charge in [0.2, 0.25) is 0 Å². The predicted octanol–water partition coefficient (Wildman–Crippen LogP) is 4.94. The average molecular weight is 374 g/mol. The van der Waals surface area contributed by atoms with Gasteiger partial charge in [-0.1, -0.05) is 70.1 Å². The quantitative estimate of drug-likeness (QED) is 0.264. The molecule has 0 spiro atoms. The molecule has 0 radical (unpaired) electrons. The highest BCUT2D eigenvalue weighted by Gasteiger charge is 2.11. The van der Waals surface area contributed by atoms with Crippen molar-refractivity contribution >= 4 is 22.6 Å². The monoisotopic (exact) mass is 374 g/mol. The number of hydrazine groups is 1. The Morgan fingerprint density at radius 2 is 1.68 bits per heavy atom. The van der Waals surface area contributed by atoms with Crippen molar-refractivity contribution in [2.45, 2.75) is 64.3 Å². The molecule has 0 heterocycles. The van der Waals surface area contributed by atoms with Crippen LogP contribution in [0.25, 0.3) is 0 Å². The van der Waals surface area contributed by atoms with Gasteiger partial charge in [0.25, 0.3) is 0 Å². The Morgan fingerprint density at radius 1 is 1.05 bits per heavy atom. The number of nitrogens with two attached hydrogens (primary N) is 1. The number of rotatable bonds is 10. The molecule has 0 aliphatic heterocycles. The Kier molecular flexibility index (Phi) is 9.47. The van der Waals surface area contributed by atoms with Crippen LogP contribution < -0.4 is 11.3 Å². The van der Waals surface area contributed by atoms with Crippen LogP contribution in [0.1, 0.15) is 69.9 Å². The molecule has 0 saturated carbocycles. The molecule has 2 nitrogen and oxygen atoms in total. The van der Waals surface area contributed by atoms with Gasteiger partial charge in [-0.05, 0) is 40.6 Å². The summed E-state index contributed by atoms with van der Waals surface area (Å²) in [7, 11) is 0. The first-order valence-electron chi connectivity index (χ1n) is 7.50. The second-order valence-corrected chi connectivity index (χ2v) is 6.31. The van der Waals surface area contributed by atoms with E-state index in [1.54, 1.807) is 0 Å². The summed E-state index contributed by atoms with van der Waals surface area (Å²) in [6.45, 7) is 2.26. The maximum atomic E-state index is 5.70. The van der Waals surface area contributed by atoms with Crippen molar-refractivity contribution in [1.82, 2.24) is 5.43 Å². The Bertz CT molecular complexity index is 341. The number of hydrogen-bond donors (Lipinski definition) is 2. The van der Waals surface area contributed by atoms with Crippen LogP contribution >= 0.6 is 22.6 Å². The van der Waals surface area contributed by atoms with E-state index in [1.807, 2.05) is 0 Å². The summed E-state index contributed by atoms with van der Waals surface area (Å²) >= 11 is 2.39. The van der Waals surface area contributed by atoms with Crippen LogP contribution in [0.2, 0.25) is 0 Å². The Hall–Kier alpha value is -0.130. The normalized spacial score (nSPS) is 12.6. The largest absolute Gasteiger partial charge is 0.271 e. The first-order valence-corrected chi connectivity index (χ1v) is 8.58. The van der Waals surface area contributed by atoms with Crippen molar-refractivity contribution < 1.29 is 0 Å². The van der Waals surface area contributed by atoms with Gasteiger partial charge in [-0.2, -0.15) is 0 Å². The lowest BCUT2D eigenvalue weighted by Gasteiger charge is -2.17. The minimum absolute atomic E-state index is 0.295. The van der Waals surface area contributed by atoms with Crippen LogP contribution in [-0.4, -0.2) is 0 Å². The van der Waals surface area contributed by atoms with Gasteiger partial charge >= 0.3 is 0 Å². The van der Waals surface area contributed by atoms with E-state index < -0.39 is 0 Å². The fourth-order valence-electron chi connectivity index (χ4n) is 2.39. The highest BCUT2D eigenvalue weighted by Crippen LogP contribution is 2.24. The first kappa shape index (κ1) is 16.9. The molecule has 0 fully saturated rings. The van der Waals surface area contributed by atoms with Crippen molar-refractivity contribution in [2.75, 3.05) is 0 Å². The molecule has 3 heteroatoms. The minimum atomic E-state index is 0.295. The molecule has 1 aromatic rings. The molecule has 1 rings (SSSR count). The van der Waals surface area contributed by atoms with Crippen molar-refractivity contribution in [3.05, 3.63) is 33.4 Å². The lowest BCUT2D eigenvalue weighted by molar-refractivity contribution is 0.474. The van der Waals surface area contributed by atoms with E-state index in [-0.39, 0.29) is 0 Å². The van der Waals surface area contributed by atoms with Gasteiger partial charge < -0.3 is 0 Å². The van der Waals surface area contributed by atoms with Crippen molar-refractivity contribution in [3.63, 3.8) is 0 Å². The molecule has 0 bridgehead atoms. The van der Waals surface area contributed by atoms with Crippen LogP contribution in [0.3, 0.4) is 0 Å². The van der Waals surface area contributed by atoms with Crippen molar-refractivity contribution in [2.24, 2.45) is 5.84 Å². The molecule has 1 unspecified atom stereocenters. The molecule has 108 valence electrons. The van der Waals surface area contributed by atoms with Gasteiger partial charge in [-0.15, -0.1) is 0 Å². The third-order valence-corrected chi connectivity index (χ3v) is 4.56. The molecule has 0 amide bonds. The van der Waals surface area contributed by atoms with Gasteiger partial charge in [0.05, 0.1) is 0 Å². The second-order valence-electron chi connectivity index (χ2n) is 5.15. The Balaban J connectivity index is 2.24. The zero-order valence-electron chi connectivity index (χ0n) is 12.0. The number of unbranched alkanes of at least 4 members (excludes halogenated alkanes) is 6. The lowest BCUT2D eigenvalue weighted by Crippen LogP contribution is -2.28. The summed E-state index contributed by atoms with van der Waals surface area (Å²) in [6.07, 6.45) is 10.6. The van der Waals surface area contributed by atoms with E-state index in [2.05, 4.69) is 59.2 Å². The molecule has 1 aromatic carbocycles. The number of nitrogens with one attached hydrogen (secondary N) is 1. The third-order valence-electron chi connectivity index (χ3n) is 3.58. The summed E-state index contributed by atoms with van der Waals surface area (Å²) in [5.41, 5.74) is 4.30. The van der Waals surface area contributed by atoms with Crippen LogP contribution in [0.5, 0.6) is 0 Å². The Morgan fingerprint density at radius 3 is 2.32 bits per heavy atom. The van der Waals surface area contributed by atoms with Crippen molar-refractivity contribution in [3.8, 4) is 0 Å².